The number of hydrogen-bond acceptors (Lipinski definition) is 6. The number of carbonyl (C=O) groups excluding carboxylic acids is 1. The Morgan fingerprint density at radius 2 is 1.69 bits per heavy atom. The lowest BCUT2D eigenvalue weighted by Gasteiger charge is -2.45. The van der Waals surface area contributed by atoms with Gasteiger partial charge in [-0.25, -0.2) is 9.37 Å². The fraction of sp³-hybridized carbons (Fsp3) is 0.290. The molecule has 0 N–H and O–H groups in total. The fourth-order valence-corrected chi connectivity index (χ4v) is 5.46. The van der Waals surface area contributed by atoms with Crippen molar-refractivity contribution < 1.29 is 13.9 Å². The van der Waals surface area contributed by atoms with Gasteiger partial charge in [0.2, 0.25) is 0 Å². The van der Waals surface area contributed by atoms with Crippen LogP contribution in [0.5, 0.6) is 5.75 Å². The van der Waals surface area contributed by atoms with Crippen LogP contribution in [0.25, 0.3) is 33.2 Å². The van der Waals surface area contributed by atoms with Crippen molar-refractivity contribution in [1.29, 1.82) is 5.26 Å². The Kier molecular flexibility index (Phi) is 7.16. The van der Waals surface area contributed by atoms with E-state index in [4.69, 9.17) is 20.0 Å². The minimum absolute atomic E-state index is 0.129. The number of nitriles is 1. The number of ether oxygens (including phenoxy) is 1. The van der Waals surface area contributed by atoms with Crippen molar-refractivity contribution in [2.75, 3.05) is 25.1 Å². The maximum atomic E-state index is 13.7. The van der Waals surface area contributed by atoms with Crippen LogP contribution in [0, 0.1) is 11.3 Å². The number of halogens is 1. The first kappa shape index (κ1) is 26.1. The van der Waals surface area contributed by atoms with Crippen LogP contribution in [0.2, 0.25) is 0 Å². The molecule has 1 unspecified atom stereocenters. The molecule has 39 heavy (non-hydrogen) atoms. The van der Waals surface area contributed by atoms with Gasteiger partial charge in [0.15, 0.2) is 6.17 Å². The van der Waals surface area contributed by atoms with Crippen LogP contribution < -0.4 is 9.64 Å². The third kappa shape index (κ3) is 4.88. The van der Waals surface area contributed by atoms with Crippen molar-refractivity contribution in [3.8, 4) is 34.1 Å². The number of benzene rings is 2. The Hall–Kier alpha value is -4.51. The van der Waals surface area contributed by atoms with Gasteiger partial charge in [0.1, 0.15) is 11.6 Å². The van der Waals surface area contributed by atoms with Crippen LogP contribution in [-0.4, -0.2) is 59.2 Å². The van der Waals surface area contributed by atoms with Crippen molar-refractivity contribution >= 4 is 22.6 Å². The second-order valence-corrected chi connectivity index (χ2v) is 9.97. The van der Waals surface area contributed by atoms with Gasteiger partial charge in [-0.05, 0) is 56.7 Å². The molecule has 2 aromatic carbocycles. The Morgan fingerprint density at radius 1 is 1.00 bits per heavy atom. The summed E-state index contributed by atoms with van der Waals surface area (Å²) in [6.07, 6.45) is 2.10. The molecule has 1 aliphatic heterocycles. The minimum Gasteiger partial charge on any atom is -0.495 e. The van der Waals surface area contributed by atoms with Gasteiger partial charge in [-0.2, -0.15) is 5.26 Å². The highest BCUT2D eigenvalue weighted by molar-refractivity contribution is 6.00. The number of rotatable bonds is 5. The maximum absolute atomic E-state index is 13.7. The van der Waals surface area contributed by atoms with E-state index in [2.05, 4.69) is 11.0 Å². The lowest BCUT2D eigenvalue weighted by atomic mass is 9.98. The number of alkyl halides is 1. The Balaban J connectivity index is 1.44. The Morgan fingerprint density at radius 3 is 2.28 bits per heavy atom. The normalized spacial score (nSPS) is 18.1. The van der Waals surface area contributed by atoms with E-state index in [-0.39, 0.29) is 12.1 Å². The summed E-state index contributed by atoms with van der Waals surface area (Å²) in [4.78, 5) is 25.6. The smallest absolute Gasteiger partial charge is 0.257 e. The molecule has 3 heterocycles. The van der Waals surface area contributed by atoms with E-state index in [0.29, 0.717) is 24.4 Å². The quantitative estimate of drug-likeness (QED) is 0.337. The van der Waals surface area contributed by atoms with Gasteiger partial charge >= 0.3 is 0 Å². The SMILES string of the molecule is COc1c(-c2ccc(N3C[C@@H](C)N(C(=O)C(C)F)[C@@H](C)C3)nc2)cnc2c(-c3ccc(C#N)cc3)cccc12. The number of amides is 1. The predicted octanol–water partition coefficient (Wildman–Crippen LogP) is 5.63. The second-order valence-electron chi connectivity index (χ2n) is 9.97. The third-order valence-corrected chi connectivity index (χ3v) is 7.27. The zero-order valence-electron chi connectivity index (χ0n) is 22.4. The monoisotopic (exact) mass is 523 g/mol. The first-order valence-electron chi connectivity index (χ1n) is 13.0. The van der Waals surface area contributed by atoms with Gasteiger partial charge in [0.25, 0.3) is 5.91 Å². The predicted molar refractivity (Wildman–Crippen MR) is 150 cm³/mol. The number of aromatic nitrogens is 2. The molecular formula is C31H30FN5O2. The molecule has 0 saturated carbocycles. The summed E-state index contributed by atoms with van der Waals surface area (Å²) in [5.41, 5.74) is 5.05. The summed E-state index contributed by atoms with van der Waals surface area (Å²) in [6, 6.07) is 19.3. The van der Waals surface area contributed by atoms with Crippen LogP contribution in [0.3, 0.4) is 0 Å². The van der Waals surface area contributed by atoms with Crippen LogP contribution >= 0.6 is 0 Å². The number of pyridine rings is 2. The number of carbonyl (C=O) groups is 1. The minimum atomic E-state index is -1.51. The molecule has 0 spiro atoms. The Labute approximate surface area is 227 Å². The van der Waals surface area contributed by atoms with Gasteiger partial charge in [-0.1, -0.05) is 24.3 Å². The molecule has 0 radical (unpaired) electrons. The van der Waals surface area contributed by atoms with Gasteiger partial charge < -0.3 is 14.5 Å². The summed E-state index contributed by atoms with van der Waals surface area (Å²) < 4.78 is 19.6. The number of methoxy groups -OCH3 is 1. The van der Waals surface area contributed by atoms with E-state index in [0.717, 1.165) is 39.0 Å². The molecular weight excluding hydrogens is 493 g/mol. The van der Waals surface area contributed by atoms with Gasteiger partial charge in [0, 0.05) is 59.6 Å². The summed E-state index contributed by atoms with van der Waals surface area (Å²) in [5, 5.41) is 10.0. The van der Waals surface area contributed by atoms with E-state index < -0.39 is 12.1 Å². The third-order valence-electron chi connectivity index (χ3n) is 7.27. The van der Waals surface area contributed by atoms with Crippen molar-refractivity contribution in [2.24, 2.45) is 0 Å². The Bertz CT molecular complexity index is 1530. The number of fused-ring (bicyclic) bond motifs is 1. The van der Waals surface area contributed by atoms with Crippen molar-refractivity contribution in [1.82, 2.24) is 14.9 Å². The zero-order valence-corrected chi connectivity index (χ0v) is 22.4. The average Bonchev–Trinajstić information content (AvgIpc) is 2.95. The van der Waals surface area contributed by atoms with E-state index in [9.17, 15) is 9.18 Å². The highest BCUT2D eigenvalue weighted by atomic mass is 19.1. The molecule has 1 amide bonds. The summed E-state index contributed by atoms with van der Waals surface area (Å²) in [5.74, 6) is 1.05. The molecule has 3 atom stereocenters. The molecule has 5 rings (SSSR count). The first-order valence-corrected chi connectivity index (χ1v) is 13.0. The molecule has 7 nitrogen and oxygen atoms in total. The van der Waals surface area contributed by atoms with Crippen LogP contribution in [-0.2, 0) is 4.79 Å². The highest BCUT2D eigenvalue weighted by Gasteiger charge is 2.35. The number of nitrogens with zero attached hydrogens (tertiary/aromatic N) is 5. The number of anilines is 1. The van der Waals surface area contributed by atoms with Gasteiger partial charge in [-0.15, -0.1) is 0 Å². The largest absolute Gasteiger partial charge is 0.495 e. The zero-order chi connectivity index (χ0) is 27.7. The topological polar surface area (TPSA) is 82.3 Å². The average molecular weight is 524 g/mol. The van der Waals surface area contributed by atoms with Crippen LogP contribution in [0.15, 0.2) is 67.0 Å². The standard InChI is InChI=1S/C31H30FN5O2/c1-19-17-36(18-20(2)37(19)31(38)21(3)32)28-13-12-24(15-34-28)27-16-35-29-25(6-5-7-26(29)30(27)39-4)23-10-8-22(14-33)9-11-23/h5-13,15-16,19-21H,17-18H2,1-4H3/t19-,20+,21?. The van der Waals surface area contributed by atoms with Crippen molar-refractivity contribution in [2.45, 2.75) is 39.0 Å². The molecule has 4 aromatic rings. The molecule has 1 aliphatic rings. The second kappa shape index (κ2) is 10.7. The molecule has 8 heteroatoms. The van der Waals surface area contributed by atoms with E-state index in [1.807, 2.05) is 62.5 Å². The van der Waals surface area contributed by atoms with Gasteiger partial charge in [0.05, 0.1) is 24.3 Å². The first-order chi connectivity index (χ1) is 18.8. The number of hydrogen-bond donors (Lipinski definition) is 0. The lowest BCUT2D eigenvalue weighted by Crippen LogP contribution is -2.60. The summed E-state index contributed by atoms with van der Waals surface area (Å²) >= 11 is 0. The van der Waals surface area contributed by atoms with Crippen molar-refractivity contribution in [3.63, 3.8) is 0 Å². The molecule has 1 saturated heterocycles. The van der Waals surface area contributed by atoms with Crippen LogP contribution in [0.4, 0.5) is 10.2 Å². The van der Waals surface area contributed by atoms with Crippen LogP contribution in [0.1, 0.15) is 26.3 Å². The molecule has 198 valence electrons. The lowest BCUT2D eigenvalue weighted by molar-refractivity contribution is -0.140. The maximum Gasteiger partial charge on any atom is 0.257 e. The summed E-state index contributed by atoms with van der Waals surface area (Å²) in [6.45, 7) is 6.32. The van der Waals surface area contributed by atoms with E-state index >= 15 is 0 Å². The highest BCUT2D eigenvalue weighted by Crippen LogP contribution is 2.39. The fourth-order valence-electron chi connectivity index (χ4n) is 5.46. The molecule has 0 bridgehead atoms. The van der Waals surface area contributed by atoms with E-state index in [1.54, 1.807) is 30.3 Å². The van der Waals surface area contributed by atoms with E-state index in [1.165, 1.54) is 6.92 Å². The molecule has 2 aromatic heterocycles. The number of para-hydroxylation sites is 1. The molecule has 0 aliphatic carbocycles. The number of piperazine rings is 1. The van der Waals surface area contributed by atoms with Crippen molar-refractivity contribution in [3.05, 3.63) is 72.6 Å². The summed E-state index contributed by atoms with van der Waals surface area (Å²) in [7, 11) is 1.65. The molecule has 1 fully saturated rings. The van der Waals surface area contributed by atoms with Gasteiger partial charge in [-0.3, -0.25) is 9.78 Å².